The van der Waals surface area contributed by atoms with Gasteiger partial charge < -0.3 is 9.52 Å². The molecule has 2 aromatic rings. The number of carboxylic acid groups (broad SMARTS) is 1. The predicted molar refractivity (Wildman–Crippen MR) is 59.7 cm³/mol. The molecule has 0 unspecified atom stereocenters. The van der Waals surface area contributed by atoms with Crippen LogP contribution >= 0.6 is 11.6 Å². The summed E-state index contributed by atoms with van der Waals surface area (Å²) in [6.45, 7) is 3.09. The number of aliphatic carboxylic acids is 1. The Morgan fingerprint density at radius 3 is 2.81 bits per heavy atom. The Kier molecular flexibility index (Phi) is 2.39. The molecule has 0 aliphatic rings. The molecule has 1 N–H and O–H groups in total. The van der Waals surface area contributed by atoms with Gasteiger partial charge in [0.05, 0.1) is 0 Å². The average Bonchev–Trinajstić information content (AvgIpc) is 2.60. The first-order valence-corrected chi connectivity index (χ1v) is 5.09. The van der Waals surface area contributed by atoms with Gasteiger partial charge in [0.25, 0.3) is 0 Å². The molecule has 1 aromatic carbocycles. The number of benzene rings is 1. The van der Waals surface area contributed by atoms with Gasteiger partial charge in [-0.1, -0.05) is 11.6 Å². The Labute approximate surface area is 96.8 Å². The minimum absolute atomic E-state index is 0.178. The molecule has 0 radical (unpaired) electrons. The molecule has 0 atom stereocenters. The van der Waals surface area contributed by atoms with Crippen molar-refractivity contribution in [2.75, 3.05) is 0 Å². The summed E-state index contributed by atoms with van der Waals surface area (Å²) in [5.74, 6) is -0.803. The van der Waals surface area contributed by atoms with Gasteiger partial charge in [0.15, 0.2) is 5.58 Å². The van der Waals surface area contributed by atoms with E-state index in [0.717, 1.165) is 0 Å². The average molecular weight is 240 g/mol. The zero-order valence-corrected chi connectivity index (χ0v) is 9.58. The van der Waals surface area contributed by atoms with Gasteiger partial charge in [0.2, 0.25) is 5.89 Å². The van der Waals surface area contributed by atoms with Crippen molar-refractivity contribution in [1.29, 1.82) is 0 Å². The van der Waals surface area contributed by atoms with Gasteiger partial charge in [-0.25, -0.2) is 4.98 Å². The molecule has 4 nitrogen and oxygen atoms in total. The van der Waals surface area contributed by atoms with Crippen molar-refractivity contribution >= 4 is 28.7 Å². The number of fused-ring (bicyclic) bond motifs is 1. The second-order valence-electron chi connectivity index (χ2n) is 4.06. The zero-order valence-electron chi connectivity index (χ0n) is 8.82. The number of carboxylic acids is 1. The van der Waals surface area contributed by atoms with E-state index in [1.54, 1.807) is 32.0 Å². The maximum atomic E-state index is 11.0. The number of aromatic nitrogens is 1. The highest BCUT2D eigenvalue weighted by atomic mass is 35.5. The molecule has 0 saturated heterocycles. The van der Waals surface area contributed by atoms with Crippen LogP contribution in [0.3, 0.4) is 0 Å². The van der Waals surface area contributed by atoms with Crippen LogP contribution in [0.1, 0.15) is 19.7 Å². The molecule has 1 heterocycles. The second kappa shape index (κ2) is 3.49. The lowest BCUT2D eigenvalue weighted by Gasteiger charge is -2.13. The second-order valence-corrected chi connectivity index (χ2v) is 4.50. The summed E-state index contributed by atoms with van der Waals surface area (Å²) in [4.78, 5) is 15.2. The van der Waals surface area contributed by atoms with Crippen LogP contribution in [0, 0.1) is 0 Å². The molecular formula is C11H10ClNO3. The van der Waals surface area contributed by atoms with Gasteiger partial charge in [-0.3, -0.25) is 4.79 Å². The third-order valence-corrected chi connectivity index (χ3v) is 2.65. The van der Waals surface area contributed by atoms with Crippen LogP contribution in [0.25, 0.3) is 11.1 Å². The molecule has 1 aromatic heterocycles. The Hall–Kier alpha value is -1.55. The Morgan fingerprint density at radius 1 is 1.50 bits per heavy atom. The summed E-state index contributed by atoms with van der Waals surface area (Å²) in [6, 6.07) is 5.00. The van der Waals surface area contributed by atoms with Gasteiger partial charge >= 0.3 is 5.97 Å². The molecule has 16 heavy (non-hydrogen) atoms. The number of nitrogens with zero attached hydrogens (tertiary/aromatic N) is 1. The first-order chi connectivity index (χ1) is 7.41. The molecule has 0 aliphatic heterocycles. The highest BCUT2D eigenvalue weighted by molar-refractivity contribution is 6.31. The van der Waals surface area contributed by atoms with Crippen LogP contribution in [0.2, 0.25) is 5.02 Å². The van der Waals surface area contributed by atoms with E-state index in [0.29, 0.717) is 16.1 Å². The molecule has 0 spiro atoms. The van der Waals surface area contributed by atoms with Crippen LogP contribution in [0.15, 0.2) is 22.6 Å². The first-order valence-electron chi connectivity index (χ1n) is 4.71. The first kappa shape index (κ1) is 11.0. The Balaban J connectivity index is 2.59. The summed E-state index contributed by atoms with van der Waals surface area (Å²) >= 11 is 5.80. The van der Waals surface area contributed by atoms with E-state index in [-0.39, 0.29) is 5.89 Å². The smallest absolute Gasteiger partial charge is 0.318 e. The van der Waals surface area contributed by atoms with Gasteiger partial charge in [-0.15, -0.1) is 0 Å². The molecule has 84 valence electrons. The van der Waals surface area contributed by atoms with Gasteiger partial charge in [-0.05, 0) is 26.0 Å². The van der Waals surface area contributed by atoms with Crippen molar-refractivity contribution in [1.82, 2.24) is 4.98 Å². The number of oxazole rings is 1. The number of hydrogen-bond acceptors (Lipinski definition) is 3. The van der Waals surface area contributed by atoms with Crippen molar-refractivity contribution < 1.29 is 14.3 Å². The third kappa shape index (κ3) is 1.65. The van der Waals surface area contributed by atoms with Crippen LogP contribution in [-0.4, -0.2) is 16.1 Å². The highest BCUT2D eigenvalue weighted by Crippen LogP contribution is 2.28. The van der Waals surface area contributed by atoms with Crippen LogP contribution < -0.4 is 0 Å². The normalized spacial score (nSPS) is 11.9. The van der Waals surface area contributed by atoms with E-state index >= 15 is 0 Å². The number of carbonyl (C=O) groups is 1. The Bertz CT molecular complexity index is 559. The van der Waals surface area contributed by atoms with E-state index in [2.05, 4.69) is 4.98 Å². The molecular weight excluding hydrogens is 230 g/mol. The summed E-state index contributed by atoms with van der Waals surface area (Å²) in [5.41, 5.74) is -0.0450. The lowest BCUT2D eigenvalue weighted by molar-refractivity contribution is -0.143. The monoisotopic (exact) mass is 239 g/mol. The fourth-order valence-corrected chi connectivity index (χ4v) is 1.42. The fourth-order valence-electron chi connectivity index (χ4n) is 1.26. The molecule has 5 heteroatoms. The summed E-state index contributed by atoms with van der Waals surface area (Å²) in [7, 11) is 0. The van der Waals surface area contributed by atoms with E-state index in [9.17, 15) is 4.79 Å². The lowest BCUT2D eigenvalue weighted by atomic mass is 9.94. The van der Waals surface area contributed by atoms with E-state index in [1.165, 1.54) is 0 Å². The predicted octanol–water partition coefficient (Wildman–Crippen LogP) is 2.84. The SMILES string of the molecule is CC(C)(C(=O)O)c1nc2ccc(Cl)cc2o1. The molecule has 0 bridgehead atoms. The van der Waals surface area contributed by atoms with Crippen molar-refractivity contribution in [2.24, 2.45) is 0 Å². The van der Waals surface area contributed by atoms with Gasteiger partial charge in [0, 0.05) is 11.1 Å². The molecule has 0 amide bonds. The quantitative estimate of drug-likeness (QED) is 0.875. The number of rotatable bonds is 2. The standard InChI is InChI=1S/C11H10ClNO3/c1-11(2,10(14)15)9-13-7-4-3-6(12)5-8(7)16-9/h3-5H,1-2H3,(H,14,15). The largest absolute Gasteiger partial charge is 0.480 e. The van der Waals surface area contributed by atoms with E-state index < -0.39 is 11.4 Å². The zero-order chi connectivity index (χ0) is 11.9. The minimum atomic E-state index is -1.15. The molecule has 0 fully saturated rings. The topological polar surface area (TPSA) is 63.3 Å². The Morgan fingerprint density at radius 2 is 2.19 bits per heavy atom. The molecule has 0 aliphatic carbocycles. The summed E-state index contributed by atoms with van der Waals surface area (Å²) in [5, 5.41) is 9.58. The minimum Gasteiger partial charge on any atom is -0.480 e. The van der Waals surface area contributed by atoms with E-state index in [1.807, 2.05) is 0 Å². The number of halogens is 1. The highest BCUT2D eigenvalue weighted by Gasteiger charge is 2.35. The lowest BCUT2D eigenvalue weighted by Crippen LogP contribution is -2.28. The van der Waals surface area contributed by atoms with Crippen molar-refractivity contribution in [2.45, 2.75) is 19.3 Å². The third-order valence-electron chi connectivity index (χ3n) is 2.42. The van der Waals surface area contributed by atoms with E-state index in [4.69, 9.17) is 21.1 Å². The summed E-state index contributed by atoms with van der Waals surface area (Å²) < 4.78 is 5.40. The van der Waals surface area contributed by atoms with Crippen LogP contribution in [-0.2, 0) is 10.2 Å². The van der Waals surface area contributed by atoms with Crippen molar-refractivity contribution in [3.05, 3.63) is 29.1 Å². The molecule has 0 saturated carbocycles. The van der Waals surface area contributed by atoms with Gasteiger partial charge in [-0.2, -0.15) is 0 Å². The molecule has 2 rings (SSSR count). The van der Waals surface area contributed by atoms with Crippen LogP contribution in [0.5, 0.6) is 0 Å². The maximum Gasteiger partial charge on any atom is 0.318 e. The van der Waals surface area contributed by atoms with Crippen molar-refractivity contribution in [3.8, 4) is 0 Å². The van der Waals surface area contributed by atoms with Crippen molar-refractivity contribution in [3.63, 3.8) is 0 Å². The fraction of sp³-hybridized carbons (Fsp3) is 0.273. The maximum absolute atomic E-state index is 11.0. The van der Waals surface area contributed by atoms with Gasteiger partial charge in [0.1, 0.15) is 10.9 Å². The summed E-state index contributed by atoms with van der Waals surface area (Å²) in [6.07, 6.45) is 0. The number of hydrogen-bond donors (Lipinski definition) is 1. The van der Waals surface area contributed by atoms with Crippen LogP contribution in [0.4, 0.5) is 0 Å².